The van der Waals surface area contributed by atoms with Crippen molar-refractivity contribution in [3.63, 3.8) is 0 Å². The van der Waals surface area contributed by atoms with E-state index in [4.69, 9.17) is 11.6 Å². The average molecular weight is 522 g/mol. The van der Waals surface area contributed by atoms with Crippen LogP contribution in [0.25, 0.3) is 0 Å². The Hall–Kier alpha value is -2.91. The van der Waals surface area contributed by atoms with Gasteiger partial charge in [0.1, 0.15) is 12.6 Å². The molecule has 35 heavy (non-hydrogen) atoms. The first-order valence-corrected chi connectivity index (χ1v) is 13.6. The fourth-order valence-corrected chi connectivity index (χ4v) is 4.46. The summed E-state index contributed by atoms with van der Waals surface area (Å²) in [6, 6.07) is 12.1. The molecule has 190 valence electrons. The predicted octanol–water partition coefficient (Wildman–Crippen LogP) is 3.64. The molecule has 2 rings (SSSR count). The lowest BCUT2D eigenvalue weighted by Gasteiger charge is -2.31. The van der Waals surface area contributed by atoms with Crippen molar-refractivity contribution in [1.82, 2.24) is 10.2 Å². The van der Waals surface area contributed by atoms with E-state index in [0.717, 1.165) is 23.4 Å². The summed E-state index contributed by atoms with van der Waals surface area (Å²) in [7, 11) is -3.89. The van der Waals surface area contributed by atoms with Gasteiger partial charge in [-0.1, -0.05) is 55.3 Å². The van der Waals surface area contributed by atoms with Crippen LogP contribution in [0, 0.1) is 0 Å². The molecule has 8 nitrogen and oxygen atoms in total. The van der Waals surface area contributed by atoms with Gasteiger partial charge >= 0.3 is 0 Å². The van der Waals surface area contributed by atoms with Crippen molar-refractivity contribution >= 4 is 44.9 Å². The standard InChI is InChI=1S/C25H32ClN3O5S/c1-5-6-14-27-25(32)18(2)28(16-21-10-7-8-13-23(21)26)24(31)17-29(35(4,33)34)22-12-9-11-20(15-22)19(3)30/h7-13,15,18H,5-6,14,16-17H2,1-4H3,(H,27,32). The number of nitrogens with one attached hydrogen (secondary N) is 1. The first-order chi connectivity index (χ1) is 16.5. The summed E-state index contributed by atoms with van der Waals surface area (Å²) in [5.41, 5.74) is 1.13. The van der Waals surface area contributed by atoms with Crippen LogP contribution in [0.1, 0.15) is 49.5 Å². The molecule has 1 unspecified atom stereocenters. The van der Waals surface area contributed by atoms with Gasteiger partial charge in [-0.2, -0.15) is 0 Å². The zero-order valence-electron chi connectivity index (χ0n) is 20.5. The average Bonchev–Trinajstić information content (AvgIpc) is 2.80. The highest BCUT2D eigenvalue weighted by atomic mass is 35.5. The Morgan fingerprint density at radius 3 is 2.37 bits per heavy atom. The Kier molecular flexibility index (Phi) is 10.3. The highest BCUT2D eigenvalue weighted by Crippen LogP contribution is 2.22. The van der Waals surface area contributed by atoms with Crippen LogP contribution < -0.4 is 9.62 Å². The number of nitrogens with zero attached hydrogens (tertiary/aromatic N) is 2. The highest BCUT2D eigenvalue weighted by molar-refractivity contribution is 7.92. The number of hydrogen-bond acceptors (Lipinski definition) is 5. The minimum atomic E-state index is -3.89. The monoisotopic (exact) mass is 521 g/mol. The maximum absolute atomic E-state index is 13.5. The second-order valence-corrected chi connectivity index (χ2v) is 10.6. The molecule has 10 heteroatoms. The highest BCUT2D eigenvalue weighted by Gasteiger charge is 2.30. The molecule has 0 aromatic heterocycles. The molecule has 0 aliphatic rings. The Labute approximate surface area is 212 Å². The van der Waals surface area contributed by atoms with Gasteiger partial charge in [-0.05, 0) is 44.0 Å². The largest absolute Gasteiger partial charge is 0.354 e. The van der Waals surface area contributed by atoms with E-state index in [1.165, 1.54) is 24.0 Å². The second kappa shape index (κ2) is 12.7. The van der Waals surface area contributed by atoms with E-state index in [2.05, 4.69) is 5.32 Å². The molecule has 0 fully saturated rings. The summed E-state index contributed by atoms with van der Waals surface area (Å²) in [5.74, 6) is -1.16. The Balaban J connectivity index is 2.40. The summed E-state index contributed by atoms with van der Waals surface area (Å²) < 4.78 is 26.2. The fraction of sp³-hybridized carbons (Fsp3) is 0.400. The third-order valence-corrected chi connectivity index (χ3v) is 7.02. The molecule has 2 aromatic rings. The first-order valence-electron chi connectivity index (χ1n) is 11.3. The maximum atomic E-state index is 13.5. The minimum absolute atomic E-state index is 0.0198. The molecule has 0 spiro atoms. The van der Waals surface area contributed by atoms with Crippen LogP contribution in [0.2, 0.25) is 5.02 Å². The van der Waals surface area contributed by atoms with E-state index < -0.39 is 28.5 Å². The topological polar surface area (TPSA) is 104 Å². The number of carbonyl (C=O) groups excluding carboxylic acids is 3. The number of benzene rings is 2. The number of sulfonamides is 1. The Morgan fingerprint density at radius 1 is 1.09 bits per heavy atom. The van der Waals surface area contributed by atoms with E-state index in [1.54, 1.807) is 43.3 Å². The summed E-state index contributed by atoms with van der Waals surface area (Å²) >= 11 is 6.30. The fourth-order valence-electron chi connectivity index (χ4n) is 3.42. The molecule has 0 aliphatic carbocycles. The van der Waals surface area contributed by atoms with Crippen LogP contribution in [0.15, 0.2) is 48.5 Å². The molecule has 0 saturated heterocycles. The van der Waals surface area contributed by atoms with Crippen LogP contribution in [0.3, 0.4) is 0 Å². The lowest BCUT2D eigenvalue weighted by Crippen LogP contribution is -2.51. The van der Waals surface area contributed by atoms with Crippen molar-refractivity contribution in [1.29, 1.82) is 0 Å². The van der Waals surface area contributed by atoms with Crippen molar-refractivity contribution < 1.29 is 22.8 Å². The van der Waals surface area contributed by atoms with E-state index in [0.29, 0.717) is 22.7 Å². The van der Waals surface area contributed by atoms with Crippen molar-refractivity contribution in [2.45, 2.75) is 46.2 Å². The van der Waals surface area contributed by atoms with Crippen LogP contribution >= 0.6 is 11.6 Å². The summed E-state index contributed by atoms with van der Waals surface area (Å²) in [4.78, 5) is 39.4. The SMILES string of the molecule is CCCCNC(=O)C(C)N(Cc1ccccc1Cl)C(=O)CN(c1cccc(C(C)=O)c1)S(C)(=O)=O. The van der Waals surface area contributed by atoms with E-state index >= 15 is 0 Å². The van der Waals surface area contributed by atoms with Crippen molar-refractivity contribution in [3.05, 3.63) is 64.7 Å². The number of carbonyl (C=O) groups is 3. The molecule has 1 N–H and O–H groups in total. The molecular formula is C25H32ClN3O5S. The van der Waals surface area contributed by atoms with Gasteiger partial charge in [0, 0.05) is 23.7 Å². The first kappa shape index (κ1) is 28.3. The number of rotatable bonds is 12. The van der Waals surface area contributed by atoms with Gasteiger partial charge < -0.3 is 10.2 Å². The summed E-state index contributed by atoms with van der Waals surface area (Å²) in [6.45, 7) is 4.92. The number of unbranched alkanes of at least 4 members (excludes halogenated alkanes) is 1. The minimum Gasteiger partial charge on any atom is -0.354 e. The van der Waals surface area contributed by atoms with Gasteiger partial charge in [-0.3, -0.25) is 18.7 Å². The third-order valence-electron chi connectivity index (χ3n) is 5.52. The van der Waals surface area contributed by atoms with Gasteiger partial charge in [0.05, 0.1) is 11.9 Å². The molecule has 1 atom stereocenters. The number of Topliss-reactive ketones (excluding diaryl/α,β-unsaturated/α-hetero) is 1. The van der Waals surface area contributed by atoms with Crippen LogP contribution in [0.5, 0.6) is 0 Å². The van der Waals surface area contributed by atoms with Gasteiger partial charge in [-0.15, -0.1) is 0 Å². The quantitative estimate of drug-likeness (QED) is 0.339. The Bertz CT molecular complexity index is 1170. The van der Waals surface area contributed by atoms with Crippen LogP contribution in [0.4, 0.5) is 5.69 Å². The smallest absolute Gasteiger partial charge is 0.244 e. The predicted molar refractivity (Wildman–Crippen MR) is 138 cm³/mol. The van der Waals surface area contributed by atoms with Gasteiger partial charge in [0.25, 0.3) is 0 Å². The maximum Gasteiger partial charge on any atom is 0.244 e. The summed E-state index contributed by atoms with van der Waals surface area (Å²) in [6.07, 6.45) is 2.69. The zero-order chi connectivity index (χ0) is 26.2. The summed E-state index contributed by atoms with van der Waals surface area (Å²) in [5, 5.41) is 3.25. The van der Waals surface area contributed by atoms with E-state index in [1.807, 2.05) is 6.92 Å². The van der Waals surface area contributed by atoms with Crippen LogP contribution in [-0.2, 0) is 26.2 Å². The lowest BCUT2D eigenvalue weighted by atomic mass is 10.1. The van der Waals surface area contributed by atoms with E-state index in [-0.39, 0.29) is 23.9 Å². The number of ketones is 1. The van der Waals surface area contributed by atoms with Gasteiger partial charge in [-0.25, -0.2) is 8.42 Å². The normalized spacial score (nSPS) is 12.0. The van der Waals surface area contributed by atoms with Crippen molar-refractivity contribution in [3.8, 4) is 0 Å². The van der Waals surface area contributed by atoms with Crippen molar-refractivity contribution in [2.75, 3.05) is 23.7 Å². The number of hydrogen-bond donors (Lipinski definition) is 1. The van der Waals surface area contributed by atoms with Gasteiger partial charge in [0.15, 0.2) is 5.78 Å². The second-order valence-electron chi connectivity index (χ2n) is 8.31. The number of halogens is 1. The molecule has 2 aromatic carbocycles. The molecule has 0 saturated carbocycles. The molecule has 0 radical (unpaired) electrons. The number of anilines is 1. The third kappa shape index (κ3) is 8.07. The van der Waals surface area contributed by atoms with E-state index in [9.17, 15) is 22.8 Å². The lowest BCUT2D eigenvalue weighted by molar-refractivity contribution is -0.139. The molecule has 0 heterocycles. The number of amides is 2. The molecule has 2 amide bonds. The van der Waals surface area contributed by atoms with Crippen LogP contribution in [-0.4, -0.2) is 56.3 Å². The van der Waals surface area contributed by atoms with Gasteiger partial charge in [0.2, 0.25) is 21.8 Å². The van der Waals surface area contributed by atoms with Crippen molar-refractivity contribution in [2.24, 2.45) is 0 Å². The molecule has 0 bridgehead atoms. The Morgan fingerprint density at radius 2 is 1.77 bits per heavy atom. The molecule has 0 aliphatic heterocycles. The zero-order valence-corrected chi connectivity index (χ0v) is 22.0. The molecular weight excluding hydrogens is 490 g/mol.